The van der Waals surface area contributed by atoms with Crippen LogP contribution in [0.15, 0.2) is 59.8 Å². The van der Waals surface area contributed by atoms with Gasteiger partial charge in [-0.2, -0.15) is 10.2 Å². The van der Waals surface area contributed by atoms with Crippen LogP contribution < -0.4 is 14.9 Å². The van der Waals surface area contributed by atoms with E-state index in [1.807, 2.05) is 44.2 Å². The molecule has 0 radical (unpaired) electrons. The lowest BCUT2D eigenvalue weighted by Crippen LogP contribution is -2.17. The minimum absolute atomic E-state index is 0.0359. The first-order chi connectivity index (χ1) is 13.6. The third kappa shape index (κ3) is 4.76. The van der Waals surface area contributed by atoms with Gasteiger partial charge in [0.25, 0.3) is 5.91 Å². The van der Waals surface area contributed by atoms with Crippen LogP contribution in [0.25, 0.3) is 11.3 Å². The summed E-state index contributed by atoms with van der Waals surface area (Å²) in [5, 5.41) is 11.1. The molecule has 0 aliphatic rings. The number of rotatable bonds is 7. The van der Waals surface area contributed by atoms with Gasteiger partial charge in [0.05, 0.1) is 31.3 Å². The molecule has 0 aliphatic heterocycles. The number of hydrazone groups is 1. The largest absolute Gasteiger partial charge is 0.497 e. The van der Waals surface area contributed by atoms with E-state index in [2.05, 4.69) is 20.7 Å². The number of nitrogens with zero attached hydrogens (tertiary/aromatic N) is 2. The van der Waals surface area contributed by atoms with Gasteiger partial charge in [0.15, 0.2) is 0 Å². The lowest BCUT2D eigenvalue weighted by Gasteiger charge is -2.10. The van der Waals surface area contributed by atoms with Gasteiger partial charge < -0.3 is 9.47 Å². The maximum absolute atomic E-state index is 12.3. The second-order valence-electron chi connectivity index (χ2n) is 6.32. The van der Waals surface area contributed by atoms with Crippen molar-refractivity contribution in [2.75, 3.05) is 7.11 Å². The Morgan fingerprint density at radius 1 is 1.18 bits per heavy atom. The van der Waals surface area contributed by atoms with Crippen molar-refractivity contribution in [3.63, 3.8) is 0 Å². The van der Waals surface area contributed by atoms with E-state index in [0.29, 0.717) is 11.3 Å². The number of nitrogens with one attached hydrogen (secondary N) is 2. The molecule has 0 aliphatic carbocycles. The Labute approximate surface area is 163 Å². The Balaban J connectivity index is 1.68. The molecule has 2 N–H and O–H groups in total. The molecule has 0 saturated heterocycles. The topological polar surface area (TPSA) is 88.6 Å². The van der Waals surface area contributed by atoms with Crippen LogP contribution in [-0.4, -0.2) is 35.5 Å². The molecule has 3 aromatic rings. The number of hydrogen-bond acceptors (Lipinski definition) is 5. The second kappa shape index (κ2) is 8.85. The molecular formula is C21H22N4O3. The van der Waals surface area contributed by atoms with E-state index in [-0.39, 0.29) is 12.0 Å². The molecule has 0 bridgehead atoms. The van der Waals surface area contributed by atoms with E-state index < -0.39 is 0 Å². The van der Waals surface area contributed by atoms with Crippen LogP contribution in [0, 0.1) is 0 Å². The van der Waals surface area contributed by atoms with Crippen molar-refractivity contribution in [3.05, 3.63) is 65.9 Å². The Bertz CT molecular complexity index is 962. The van der Waals surface area contributed by atoms with Crippen LogP contribution in [0.4, 0.5) is 0 Å². The highest BCUT2D eigenvalue weighted by Gasteiger charge is 2.08. The van der Waals surface area contributed by atoms with Gasteiger partial charge in [0.2, 0.25) is 0 Å². The van der Waals surface area contributed by atoms with Crippen LogP contribution in [0.5, 0.6) is 11.5 Å². The second-order valence-corrected chi connectivity index (χ2v) is 6.32. The first-order valence-corrected chi connectivity index (χ1v) is 8.84. The molecule has 0 atom stereocenters. The SMILES string of the molecule is COc1ccc(-c2[nH]ncc2/C=N\NC(=O)c2cccc(OC(C)C)c2)cc1. The molecule has 0 spiro atoms. The zero-order valence-corrected chi connectivity index (χ0v) is 16.0. The number of benzene rings is 2. The predicted octanol–water partition coefficient (Wildman–Crippen LogP) is 3.64. The first kappa shape index (κ1) is 19.2. The van der Waals surface area contributed by atoms with Gasteiger partial charge in [-0.3, -0.25) is 9.89 Å². The summed E-state index contributed by atoms with van der Waals surface area (Å²) < 4.78 is 10.8. The monoisotopic (exact) mass is 378 g/mol. The summed E-state index contributed by atoms with van der Waals surface area (Å²) in [4.78, 5) is 12.3. The number of H-pyrrole nitrogens is 1. The summed E-state index contributed by atoms with van der Waals surface area (Å²) in [6, 6.07) is 14.5. The number of aromatic nitrogens is 2. The normalized spacial score (nSPS) is 11.0. The van der Waals surface area contributed by atoms with E-state index in [1.165, 1.54) is 0 Å². The standard InChI is InChI=1S/C21H22N4O3/c1-14(2)28-19-6-4-5-16(11-19)21(26)25-23-13-17-12-22-24-20(17)15-7-9-18(27-3)10-8-15/h4-14H,1-3H3,(H,22,24)(H,25,26)/b23-13-. The first-order valence-electron chi connectivity index (χ1n) is 8.84. The molecule has 2 aromatic carbocycles. The van der Waals surface area contributed by atoms with Gasteiger partial charge in [-0.1, -0.05) is 6.07 Å². The third-order valence-corrected chi connectivity index (χ3v) is 3.89. The Kier molecular flexibility index (Phi) is 6.06. The highest BCUT2D eigenvalue weighted by molar-refractivity contribution is 5.96. The molecule has 144 valence electrons. The number of ether oxygens (including phenoxy) is 2. The molecule has 28 heavy (non-hydrogen) atoms. The van der Waals surface area contributed by atoms with Crippen molar-refractivity contribution in [2.24, 2.45) is 5.10 Å². The van der Waals surface area contributed by atoms with Crippen molar-refractivity contribution >= 4 is 12.1 Å². The molecule has 1 amide bonds. The maximum Gasteiger partial charge on any atom is 0.271 e. The zero-order chi connectivity index (χ0) is 19.9. The highest BCUT2D eigenvalue weighted by atomic mass is 16.5. The molecule has 7 heteroatoms. The number of methoxy groups -OCH3 is 1. The van der Waals surface area contributed by atoms with Crippen molar-refractivity contribution in [1.82, 2.24) is 15.6 Å². The quantitative estimate of drug-likeness (QED) is 0.485. The van der Waals surface area contributed by atoms with E-state index in [1.54, 1.807) is 37.7 Å². The van der Waals surface area contributed by atoms with Crippen LogP contribution in [0.2, 0.25) is 0 Å². The van der Waals surface area contributed by atoms with Crippen LogP contribution in [0.1, 0.15) is 29.8 Å². The average Bonchev–Trinajstić information content (AvgIpc) is 3.16. The summed E-state index contributed by atoms with van der Waals surface area (Å²) in [6.07, 6.45) is 3.23. The van der Waals surface area contributed by atoms with Gasteiger partial charge in [0, 0.05) is 16.7 Å². The van der Waals surface area contributed by atoms with Gasteiger partial charge in [-0.15, -0.1) is 0 Å². The predicted molar refractivity (Wildman–Crippen MR) is 108 cm³/mol. The summed E-state index contributed by atoms with van der Waals surface area (Å²) >= 11 is 0. The van der Waals surface area contributed by atoms with Crippen LogP contribution in [0.3, 0.4) is 0 Å². The Morgan fingerprint density at radius 3 is 2.68 bits per heavy atom. The minimum Gasteiger partial charge on any atom is -0.497 e. The number of carbonyl (C=O) groups is 1. The van der Waals surface area contributed by atoms with Gasteiger partial charge in [-0.25, -0.2) is 5.43 Å². The highest BCUT2D eigenvalue weighted by Crippen LogP contribution is 2.22. The molecule has 1 aromatic heterocycles. The lowest BCUT2D eigenvalue weighted by molar-refractivity contribution is 0.0954. The van der Waals surface area contributed by atoms with Gasteiger partial charge in [0.1, 0.15) is 11.5 Å². The molecule has 7 nitrogen and oxygen atoms in total. The van der Waals surface area contributed by atoms with Crippen LogP contribution >= 0.6 is 0 Å². The maximum atomic E-state index is 12.3. The Morgan fingerprint density at radius 2 is 1.96 bits per heavy atom. The van der Waals surface area contributed by atoms with Crippen molar-refractivity contribution < 1.29 is 14.3 Å². The fourth-order valence-electron chi connectivity index (χ4n) is 2.59. The molecule has 0 fully saturated rings. The molecule has 3 rings (SSSR count). The minimum atomic E-state index is -0.319. The lowest BCUT2D eigenvalue weighted by atomic mass is 10.1. The summed E-state index contributed by atoms with van der Waals surface area (Å²) in [5.74, 6) is 1.10. The fourth-order valence-corrected chi connectivity index (χ4v) is 2.59. The molecular weight excluding hydrogens is 356 g/mol. The molecule has 0 unspecified atom stereocenters. The summed E-state index contributed by atoms with van der Waals surface area (Å²) in [5.41, 5.74) is 5.48. The van der Waals surface area contributed by atoms with Crippen LogP contribution in [-0.2, 0) is 0 Å². The van der Waals surface area contributed by atoms with E-state index in [4.69, 9.17) is 9.47 Å². The smallest absolute Gasteiger partial charge is 0.271 e. The number of aromatic amines is 1. The van der Waals surface area contributed by atoms with E-state index in [0.717, 1.165) is 22.6 Å². The number of amides is 1. The summed E-state index contributed by atoms with van der Waals surface area (Å²) in [7, 11) is 1.62. The van der Waals surface area contributed by atoms with Crippen molar-refractivity contribution in [2.45, 2.75) is 20.0 Å². The van der Waals surface area contributed by atoms with E-state index >= 15 is 0 Å². The number of hydrogen-bond donors (Lipinski definition) is 2. The van der Waals surface area contributed by atoms with E-state index in [9.17, 15) is 4.79 Å². The zero-order valence-electron chi connectivity index (χ0n) is 16.0. The van der Waals surface area contributed by atoms with Crippen molar-refractivity contribution in [1.29, 1.82) is 0 Å². The van der Waals surface area contributed by atoms with Crippen molar-refractivity contribution in [3.8, 4) is 22.8 Å². The summed E-state index contributed by atoms with van der Waals surface area (Å²) in [6.45, 7) is 3.87. The number of carbonyl (C=O) groups excluding carboxylic acids is 1. The Hall–Kier alpha value is -3.61. The average molecular weight is 378 g/mol. The van der Waals surface area contributed by atoms with Gasteiger partial charge >= 0.3 is 0 Å². The fraction of sp³-hybridized carbons (Fsp3) is 0.190. The third-order valence-electron chi connectivity index (χ3n) is 3.89. The molecule has 1 heterocycles. The van der Waals surface area contributed by atoms with Gasteiger partial charge in [-0.05, 0) is 56.3 Å². The molecule has 0 saturated carbocycles.